The molecule has 5 nitrogen and oxygen atoms in total. The Morgan fingerprint density at radius 2 is 2.00 bits per heavy atom. The second-order valence-electron chi connectivity index (χ2n) is 6.35. The molecule has 0 radical (unpaired) electrons. The van der Waals surface area contributed by atoms with Gasteiger partial charge in [-0.15, -0.1) is 0 Å². The first-order valence-corrected chi connectivity index (χ1v) is 7.65. The minimum atomic E-state index is 0.0722. The summed E-state index contributed by atoms with van der Waals surface area (Å²) in [4.78, 5) is 18.7. The summed E-state index contributed by atoms with van der Waals surface area (Å²) in [6.07, 6.45) is 0. The van der Waals surface area contributed by atoms with E-state index in [-0.39, 0.29) is 17.7 Å². The minimum Gasteiger partial charge on any atom is -0.339 e. The third-order valence-electron chi connectivity index (χ3n) is 4.25. The van der Waals surface area contributed by atoms with E-state index in [4.69, 9.17) is 4.52 Å². The highest BCUT2D eigenvalue weighted by molar-refractivity contribution is 5.95. The van der Waals surface area contributed by atoms with Gasteiger partial charge in [0.25, 0.3) is 5.91 Å². The topological polar surface area (TPSA) is 59.2 Å². The molecule has 2 aromatic rings. The van der Waals surface area contributed by atoms with E-state index in [1.165, 1.54) is 5.56 Å². The van der Waals surface area contributed by atoms with Crippen molar-refractivity contribution >= 4 is 5.91 Å². The first-order chi connectivity index (χ1) is 10.5. The molecule has 1 amide bonds. The van der Waals surface area contributed by atoms with E-state index in [1.807, 2.05) is 50.8 Å². The van der Waals surface area contributed by atoms with Gasteiger partial charge in [-0.05, 0) is 37.1 Å². The molecular formula is C17H21N3O2. The zero-order valence-electron chi connectivity index (χ0n) is 13.5. The smallest absolute Gasteiger partial charge is 0.253 e. The number of hydrogen-bond acceptors (Lipinski definition) is 4. The van der Waals surface area contributed by atoms with Gasteiger partial charge >= 0.3 is 0 Å². The number of aryl methyl sites for hydroxylation is 2. The van der Waals surface area contributed by atoms with Crippen molar-refractivity contribution in [2.75, 3.05) is 13.1 Å². The molecule has 2 heterocycles. The summed E-state index contributed by atoms with van der Waals surface area (Å²) in [7, 11) is 0. The van der Waals surface area contributed by atoms with Crippen molar-refractivity contribution in [3.8, 4) is 0 Å². The Kier molecular flexibility index (Phi) is 3.72. The molecule has 1 aromatic heterocycles. The Labute approximate surface area is 130 Å². The molecule has 0 aliphatic carbocycles. The van der Waals surface area contributed by atoms with Gasteiger partial charge in [-0.1, -0.05) is 25.1 Å². The average Bonchev–Trinajstić information content (AvgIpc) is 2.89. The van der Waals surface area contributed by atoms with Gasteiger partial charge in [0.2, 0.25) is 5.89 Å². The van der Waals surface area contributed by atoms with E-state index in [2.05, 4.69) is 10.1 Å². The monoisotopic (exact) mass is 299 g/mol. The Hall–Kier alpha value is -2.17. The van der Waals surface area contributed by atoms with E-state index < -0.39 is 0 Å². The van der Waals surface area contributed by atoms with Crippen molar-refractivity contribution in [3.05, 3.63) is 46.6 Å². The molecule has 0 atom stereocenters. The van der Waals surface area contributed by atoms with Crippen LogP contribution in [0.15, 0.2) is 22.7 Å². The quantitative estimate of drug-likeness (QED) is 0.874. The second-order valence-corrected chi connectivity index (χ2v) is 6.35. The fourth-order valence-electron chi connectivity index (χ4n) is 2.51. The highest BCUT2D eigenvalue weighted by Gasteiger charge is 2.36. The summed E-state index contributed by atoms with van der Waals surface area (Å²) < 4.78 is 5.30. The van der Waals surface area contributed by atoms with Crippen LogP contribution in [0.1, 0.15) is 58.9 Å². The molecule has 0 unspecified atom stereocenters. The molecule has 1 saturated heterocycles. The largest absolute Gasteiger partial charge is 0.339 e. The number of carbonyl (C=O) groups excluding carboxylic acids is 1. The predicted molar refractivity (Wildman–Crippen MR) is 82.9 cm³/mol. The van der Waals surface area contributed by atoms with Crippen molar-refractivity contribution in [3.63, 3.8) is 0 Å². The van der Waals surface area contributed by atoms with Crippen LogP contribution in [0, 0.1) is 13.8 Å². The van der Waals surface area contributed by atoms with Crippen molar-refractivity contribution in [1.82, 2.24) is 15.0 Å². The number of rotatable bonds is 3. The molecule has 116 valence electrons. The highest BCUT2D eigenvalue weighted by Crippen LogP contribution is 2.28. The van der Waals surface area contributed by atoms with E-state index in [9.17, 15) is 4.79 Å². The third-order valence-corrected chi connectivity index (χ3v) is 4.25. The zero-order chi connectivity index (χ0) is 15.9. The third kappa shape index (κ3) is 2.63. The molecule has 5 heteroatoms. The van der Waals surface area contributed by atoms with Crippen LogP contribution >= 0.6 is 0 Å². The van der Waals surface area contributed by atoms with Crippen LogP contribution in [0.25, 0.3) is 0 Å². The Balaban J connectivity index is 1.64. The number of nitrogens with zero attached hydrogens (tertiary/aromatic N) is 3. The van der Waals surface area contributed by atoms with E-state index in [0.29, 0.717) is 19.0 Å². The van der Waals surface area contributed by atoms with Crippen molar-refractivity contribution in [1.29, 1.82) is 0 Å². The molecule has 0 bridgehead atoms. The molecule has 1 aromatic carbocycles. The van der Waals surface area contributed by atoms with Gasteiger partial charge in [0, 0.05) is 24.6 Å². The van der Waals surface area contributed by atoms with Crippen LogP contribution in [-0.2, 0) is 0 Å². The van der Waals surface area contributed by atoms with Crippen LogP contribution in [0.2, 0.25) is 0 Å². The van der Waals surface area contributed by atoms with Crippen molar-refractivity contribution in [2.24, 2.45) is 0 Å². The molecule has 22 heavy (non-hydrogen) atoms. The number of amides is 1. The summed E-state index contributed by atoms with van der Waals surface area (Å²) in [5, 5.41) is 3.98. The highest BCUT2D eigenvalue weighted by atomic mass is 16.5. The molecule has 1 aliphatic heterocycles. The van der Waals surface area contributed by atoms with Crippen LogP contribution in [-0.4, -0.2) is 34.0 Å². The van der Waals surface area contributed by atoms with Crippen LogP contribution < -0.4 is 0 Å². The summed E-state index contributed by atoms with van der Waals surface area (Å²) in [5.74, 6) is 1.87. The van der Waals surface area contributed by atoms with Crippen LogP contribution in [0.3, 0.4) is 0 Å². The standard InChI is InChI=1S/C17H21N3O2/c1-10(2)15-18-16(22-19-15)14-8-20(9-14)17(21)13-6-5-11(3)12(4)7-13/h5-7,10,14H,8-9H2,1-4H3. The normalized spacial score (nSPS) is 15.2. The molecule has 1 aliphatic rings. The maximum Gasteiger partial charge on any atom is 0.253 e. The van der Waals surface area contributed by atoms with Gasteiger partial charge < -0.3 is 9.42 Å². The SMILES string of the molecule is Cc1ccc(C(=O)N2CC(c3nc(C(C)C)no3)C2)cc1C. The number of benzene rings is 1. The molecule has 0 saturated carbocycles. The zero-order valence-corrected chi connectivity index (χ0v) is 13.5. The number of hydrogen-bond donors (Lipinski definition) is 0. The molecule has 3 rings (SSSR count). The Morgan fingerprint density at radius 1 is 1.27 bits per heavy atom. The number of aromatic nitrogens is 2. The first kappa shape index (κ1) is 14.8. The fraction of sp³-hybridized carbons (Fsp3) is 0.471. The molecular weight excluding hydrogens is 278 g/mol. The molecule has 0 N–H and O–H groups in total. The Bertz CT molecular complexity index is 700. The first-order valence-electron chi connectivity index (χ1n) is 7.65. The number of carbonyl (C=O) groups is 1. The van der Waals surface area contributed by atoms with Crippen LogP contribution in [0.5, 0.6) is 0 Å². The van der Waals surface area contributed by atoms with Crippen LogP contribution in [0.4, 0.5) is 0 Å². The summed E-state index contributed by atoms with van der Waals surface area (Å²) in [6.45, 7) is 9.43. The maximum absolute atomic E-state index is 12.4. The van der Waals surface area contributed by atoms with Crippen molar-refractivity contribution in [2.45, 2.75) is 39.5 Å². The van der Waals surface area contributed by atoms with Crippen molar-refractivity contribution < 1.29 is 9.32 Å². The van der Waals surface area contributed by atoms with E-state index in [1.54, 1.807) is 0 Å². The summed E-state index contributed by atoms with van der Waals surface area (Å²) in [6, 6.07) is 5.84. The van der Waals surface area contributed by atoms with Gasteiger partial charge in [0.15, 0.2) is 5.82 Å². The fourth-order valence-corrected chi connectivity index (χ4v) is 2.51. The predicted octanol–water partition coefficient (Wildman–Crippen LogP) is 3.05. The lowest BCUT2D eigenvalue weighted by atomic mass is 9.97. The average molecular weight is 299 g/mol. The van der Waals surface area contributed by atoms with E-state index in [0.717, 1.165) is 17.0 Å². The van der Waals surface area contributed by atoms with Gasteiger partial charge in [0.05, 0.1) is 5.92 Å². The summed E-state index contributed by atoms with van der Waals surface area (Å²) in [5.41, 5.74) is 3.08. The Morgan fingerprint density at radius 3 is 2.59 bits per heavy atom. The van der Waals surface area contributed by atoms with Gasteiger partial charge in [-0.3, -0.25) is 4.79 Å². The number of likely N-dealkylation sites (tertiary alicyclic amines) is 1. The van der Waals surface area contributed by atoms with Gasteiger partial charge in [-0.2, -0.15) is 4.98 Å². The lowest BCUT2D eigenvalue weighted by Crippen LogP contribution is -2.48. The minimum absolute atomic E-state index is 0.0722. The van der Waals surface area contributed by atoms with Gasteiger partial charge in [0.1, 0.15) is 0 Å². The maximum atomic E-state index is 12.4. The molecule has 1 fully saturated rings. The molecule has 0 spiro atoms. The van der Waals surface area contributed by atoms with E-state index >= 15 is 0 Å². The second kappa shape index (κ2) is 5.55. The summed E-state index contributed by atoms with van der Waals surface area (Å²) >= 11 is 0. The lowest BCUT2D eigenvalue weighted by Gasteiger charge is -2.37. The van der Waals surface area contributed by atoms with Gasteiger partial charge in [-0.25, -0.2) is 0 Å². The lowest BCUT2D eigenvalue weighted by molar-refractivity contribution is 0.0569.